The predicted molar refractivity (Wildman–Crippen MR) is 91.6 cm³/mol. The standard InChI is InChI=1S/C17H22ClFN2O4/c1-10(2)3-6-15(22)20-9-16(23)21-14(8-17(24)25)11-4-5-12(18)13(19)7-11/h4-5,7,10,14H,3,6,8-9H2,1-2H3,(H,20,22)(H,21,23)(H,24,25). The second-order valence-corrected chi connectivity index (χ2v) is 6.51. The maximum atomic E-state index is 13.6. The van der Waals surface area contributed by atoms with E-state index in [1.165, 1.54) is 12.1 Å². The number of carboxylic acids is 1. The van der Waals surface area contributed by atoms with Gasteiger partial charge < -0.3 is 15.7 Å². The Bertz CT molecular complexity index is 637. The van der Waals surface area contributed by atoms with Gasteiger partial charge in [-0.15, -0.1) is 0 Å². The summed E-state index contributed by atoms with van der Waals surface area (Å²) in [5.74, 6) is -2.29. The smallest absolute Gasteiger partial charge is 0.305 e. The van der Waals surface area contributed by atoms with E-state index in [-0.39, 0.29) is 23.0 Å². The molecular weight excluding hydrogens is 351 g/mol. The van der Waals surface area contributed by atoms with Crippen LogP contribution in [-0.4, -0.2) is 29.4 Å². The summed E-state index contributed by atoms with van der Waals surface area (Å²) in [6.45, 7) is 3.70. The average molecular weight is 373 g/mol. The van der Waals surface area contributed by atoms with Gasteiger partial charge in [0.25, 0.3) is 0 Å². The van der Waals surface area contributed by atoms with E-state index in [2.05, 4.69) is 10.6 Å². The highest BCUT2D eigenvalue weighted by atomic mass is 35.5. The van der Waals surface area contributed by atoms with Gasteiger partial charge in [0, 0.05) is 6.42 Å². The highest BCUT2D eigenvalue weighted by Crippen LogP contribution is 2.22. The molecule has 2 amide bonds. The van der Waals surface area contributed by atoms with Crippen molar-refractivity contribution in [3.05, 3.63) is 34.6 Å². The summed E-state index contributed by atoms with van der Waals surface area (Å²) in [7, 11) is 0. The van der Waals surface area contributed by atoms with Crippen molar-refractivity contribution < 1.29 is 23.9 Å². The van der Waals surface area contributed by atoms with Crippen molar-refractivity contribution in [2.24, 2.45) is 5.92 Å². The molecule has 1 aromatic rings. The van der Waals surface area contributed by atoms with E-state index in [1.807, 2.05) is 13.8 Å². The highest BCUT2D eigenvalue weighted by Gasteiger charge is 2.19. The molecule has 0 saturated carbocycles. The van der Waals surface area contributed by atoms with Gasteiger partial charge in [-0.3, -0.25) is 14.4 Å². The van der Waals surface area contributed by atoms with Crippen molar-refractivity contribution in [2.75, 3.05) is 6.54 Å². The molecule has 1 atom stereocenters. The lowest BCUT2D eigenvalue weighted by atomic mass is 10.0. The number of carbonyl (C=O) groups is 3. The Morgan fingerprint density at radius 1 is 1.24 bits per heavy atom. The van der Waals surface area contributed by atoms with Crippen molar-refractivity contribution >= 4 is 29.4 Å². The Morgan fingerprint density at radius 2 is 1.92 bits per heavy atom. The van der Waals surface area contributed by atoms with Crippen LogP contribution in [0.4, 0.5) is 4.39 Å². The van der Waals surface area contributed by atoms with Crippen molar-refractivity contribution in [1.82, 2.24) is 10.6 Å². The Labute approximate surface area is 150 Å². The Hall–Kier alpha value is -2.15. The third-order valence-electron chi connectivity index (χ3n) is 3.45. The van der Waals surface area contributed by atoms with Crippen LogP contribution in [-0.2, 0) is 14.4 Å². The molecule has 1 aromatic carbocycles. The molecule has 0 aliphatic rings. The monoisotopic (exact) mass is 372 g/mol. The van der Waals surface area contributed by atoms with Gasteiger partial charge in [-0.1, -0.05) is 31.5 Å². The molecule has 6 nitrogen and oxygen atoms in total. The minimum absolute atomic E-state index is 0.0958. The number of nitrogens with one attached hydrogen (secondary N) is 2. The van der Waals surface area contributed by atoms with Gasteiger partial charge in [-0.05, 0) is 30.0 Å². The lowest BCUT2D eigenvalue weighted by molar-refractivity contribution is -0.138. The number of carbonyl (C=O) groups excluding carboxylic acids is 2. The SMILES string of the molecule is CC(C)CCC(=O)NCC(=O)NC(CC(=O)O)c1ccc(Cl)c(F)c1. The fourth-order valence-electron chi connectivity index (χ4n) is 2.09. The molecule has 0 heterocycles. The minimum Gasteiger partial charge on any atom is -0.481 e. The number of rotatable bonds is 9. The quantitative estimate of drug-likeness (QED) is 0.621. The first-order valence-electron chi connectivity index (χ1n) is 7.91. The maximum Gasteiger partial charge on any atom is 0.305 e. The van der Waals surface area contributed by atoms with E-state index in [9.17, 15) is 18.8 Å². The summed E-state index contributed by atoms with van der Waals surface area (Å²) in [4.78, 5) is 34.6. The van der Waals surface area contributed by atoms with Crippen LogP contribution < -0.4 is 10.6 Å². The van der Waals surface area contributed by atoms with E-state index in [0.29, 0.717) is 18.8 Å². The van der Waals surface area contributed by atoms with E-state index in [1.54, 1.807) is 0 Å². The molecule has 0 aromatic heterocycles. The predicted octanol–water partition coefficient (Wildman–Crippen LogP) is 2.66. The second-order valence-electron chi connectivity index (χ2n) is 6.10. The maximum absolute atomic E-state index is 13.6. The van der Waals surface area contributed by atoms with E-state index >= 15 is 0 Å². The molecule has 138 valence electrons. The fraction of sp³-hybridized carbons (Fsp3) is 0.471. The van der Waals surface area contributed by atoms with Crippen LogP contribution in [0.1, 0.15) is 44.7 Å². The number of hydrogen-bond acceptors (Lipinski definition) is 3. The molecule has 25 heavy (non-hydrogen) atoms. The van der Waals surface area contributed by atoms with E-state index in [0.717, 1.165) is 6.07 Å². The molecule has 0 aliphatic carbocycles. The average Bonchev–Trinajstić information content (AvgIpc) is 2.52. The minimum atomic E-state index is -1.15. The second kappa shape index (κ2) is 9.98. The van der Waals surface area contributed by atoms with Crippen molar-refractivity contribution in [3.63, 3.8) is 0 Å². The molecule has 0 saturated heterocycles. The third kappa shape index (κ3) is 7.98. The first-order chi connectivity index (χ1) is 11.7. The lowest BCUT2D eigenvalue weighted by Crippen LogP contribution is -2.39. The molecule has 3 N–H and O–H groups in total. The first-order valence-corrected chi connectivity index (χ1v) is 8.29. The molecule has 0 aliphatic heterocycles. The van der Waals surface area contributed by atoms with Crippen molar-refractivity contribution in [3.8, 4) is 0 Å². The normalized spacial score (nSPS) is 11.9. The van der Waals surface area contributed by atoms with Gasteiger partial charge in [0.15, 0.2) is 0 Å². The molecule has 0 fully saturated rings. The molecule has 8 heteroatoms. The number of amides is 2. The zero-order chi connectivity index (χ0) is 19.0. The van der Waals surface area contributed by atoms with Crippen molar-refractivity contribution in [1.29, 1.82) is 0 Å². The van der Waals surface area contributed by atoms with Gasteiger partial charge >= 0.3 is 5.97 Å². The van der Waals surface area contributed by atoms with Crippen LogP contribution >= 0.6 is 11.6 Å². The molecule has 1 rings (SSSR count). The summed E-state index contributed by atoms with van der Waals surface area (Å²) in [6.07, 6.45) is 0.596. The number of carboxylic acid groups (broad SMARTS) is 1. The largest absolute Gasteiger partial charge is 0.481 e. The lowest BCUT2D eigenvalue weighted by Gasteiger charge is -2.18. The van der Waals surface area contributed by atoms with Crippen LogP contribution in [0.3, 0.4) is 0 Å². The van der Waals surface area contributed by atoms with Gasteiger partial charge in [0.05, 0.1) is 24.0 Å². The topological polar surface area (TPSA) is 95.5 Å². The number of aliphatic carboxylic acids is 1. The van der Waals surface area contributed by atoms with E-state index < -0.39 is 30.2 Å². The third-order valence-corrected chi connectivity index (χ3v) is 3.76. The van der Waals surface area contributed by atoms with Crippen molar-refractivity contribution in [2.45, 2.75) is 39.2 Å². The van der Waals surface area contributed by atoms with Gasteiger partial charge in [-0.2, -0.15) is 0 Å². The van der Waals surface area contributed by atoms with Crippen LogP contribution in [0.2, 0.25) is 5.02 Å². The molecule has 0 spiro atoms. The summed E-state index contributed by atoms with van der Waals surface area (Å²) < 4.78 is 13.6. The molecule has 0 bridgehead atoms. The molecular formula is C17H22ClFN2O4. The summed E-state index contributed by atoms with van der Waals surface area (Å²) in [5, 5.41) is 13.8. The van der Waals surface area contributed by atoms with Gasteiger partial charge in [0.2, 0.25) is 11.8 Å². The Balaban J connectivity index is 2.65. The summed E-state index contributed by atoms with van der Waals surface area (Å²) in [5.41, 5.74) is 0.281. The Morgan fingerprint density at radius 3 is 2.48 bits per heavy atom. The van der Waals surface area contributed by atoms with Crippen LogP contribution in [0, 0.1) is 11.7 Å². The zero-order valence-corrected chi connectivity index (χ0v) is 14.9. The molecule has 1 unspecified atom stereocenters. The van der Waals surface area contributed by atoms with Crippen LogP contribution in [0.5, 0.6) is 0 Å². The van der Waals surface area contributed by atoms with Crippen LogP contribution in [0.25, 0.3) is 0 Å². The van der Waals surface area contributed by atoms with Crippen LogP contribution in [0.15, 0.2) is 18.2 Å². The highest BCUT2D eigenvalue weighted by molar-refractivity contribution is 6.30. The number of halogens is 2. The van der Waals surface area contributed by atoms with Gasteiger partial charge in [-0.25, -0.2) is 4.39 Å². The number of hydrogen-bond donors (Lipinski definition) is 3. The fourth-order valence-corrected chi connectivity index (χ4v) is 2.21. The number of benzene rings is 1. The van der Waals surface area contributed by atoms with Gasteiger partial charge in [0.1, 0.15) is 5.82 Å². The Kier molecular flexibility index (Phi) is 8.34. The summed E-state index contributed by atoms with van der Waals surface area (Å²) in [6, 6.07) is 2.89. The first kappa shape index (κ1) is 20.9. The molecule has 0 radical (unpaired) electrons. The zero-order valence-electron chi connectivity index (χ0n) is 14.1. The summed E-state index contributed by atoms with van der Waals surface area (Å²) >= 11 is 5.61. The van der Waals surface area contributed by atoms with E-state index in [4.69, 9.17) is 16.7 Å².